The number of benzene rings is 1. The van der Waals surface area contributed by atoms with Crippen molar-refractivity contribution in [2.24, 2.45) is 0 Å². The molecule has 27 heavy (non-hydrogen) atoms. The third-order valence-corrected chi connectivity index (χ3v) is 4.91. The molecule has 1 aliphatic heterocycles. The van der Waals surface area contributed by atoms with Crippen LogP contribution in [0.3, 0.4) is 0 Å². The van der Waals surface area contributed by atoms with Crippen molar-refractivity contribution < 1.29 is 18.0 Å². The molecule has 3 rings (SSSR count). The molecule has 2 atom stereocenters. The van der Waals surface area contributed by atoms with Crippen LogP contribution in [-0.4, -0.2) is 23.5 Å². The molecule has 2 heterocycles. The van der Waals surface area contributed by atoms with Crippen molar-refractivity contribution >= 4 is 23.3 Å². The van der Waals surface area contributed by atoms with Gasteiger partial charge in [-0.05, 0) is 31.4 Å². The fourth-order valence-electron chi connectivity index (χ4n) is 3.22. The molecule has 1 N–H and O–H groups in total. The van der Waals surface area contributed by atoms with Gasteiger partial charge in [-0.15, -0.1) is 0 Å². The van der Waals surface area contributed by atoms with Crippen LogP contribution in [0.4, 0.5) is 19.0 Å². The van der Waals surface area contributed by atoms with E-state index in [-0.39, 0.29) is 22.8 Å². The smallest absolute Gasteiger partial charge is 0.348 e. The van der Waals surface area contributed by atoms with Gasteiger partial charge in [0.05, 0.1) is 16.6 Å². The van der Waals surface area contributed by atoms with Gasteiger partial charge in [-0.3, -0.25) is 4.79 Å². The Bertz CT molecular complexity index is 814. The van der Waals surface area contributed by atoms with Gasteiger partial charge in [-0.1, -0.05) is 41.9 Å². The molecule has 144 valence electrons. The number of alkyl halides is 3. The highest BCUT2D eigenvalue weighted by molar-refractivity contribution is 6.33. The number of nitrogens with one attached hydrogen (secondary N) is 1. The van der Waals surface area contributed by atoms with E-state index in [0.29, 0.717) is 13.0 Å². The van der Waals surface area contributed by atoms with Gasteiger partial charge < -0.3 is 10.2 Å². The van der Waals surface area contributed by atoms with Crippen LogP contribution in [-0.2, 0) is 11.0 Å². The van der Waals surface area contributed by atoms with Crippen molar-refractivity contribution in [3.05, 3.63) is 58.7 Å². The fourth-order valence-corrected chi connectivity index (χ4v) is 3.50. The fraction of sp³-hybridized carbons (Fsp3) is 0.368. The Kier molecular flexibility index (Phi) is 5.60. The maximum atomic E-state index is 12.8. The maximum absolute atomic E-state index is 12.8. The normalized spacial score (nSPS) is 18.4. The van der Waals surface area contributed by atoms with Crippen molar-refractivity contribution in [3.63, 3.8) is 0 Å². The number of halogens is 4. The Balaban J connectivity index is 1.76. The lowest BCUT2D eigenvalue weighted by Crippen LogP contribution is -2.44. The van der Waals surface area contributed by atoms with E-state index in [2.05, 4.69) is 10.3 Å². The number of carbonyl (C=O) groups excluding carboxylic acids is 1. The summed E-state index contributed by atoms with van der Waals surface area (Å²) >= 11 is 6.05. The number of hydrogen-bond donors (Lipinski definition) is 1. The van der Waals surface area contributed by atoms with Crippen LogP contribution in [0.1, 0.15) is 36.9 Å². The van der Waals surface area contributed by atoms with Gasteiger partial charge in [0, 0.05) is 12.7 Å². The highest BCUT2D eigenvalue weighted by Crippen LogP contribution is 2.35. The molecule has 1 aromatic carbocycles. The Morgan fingerprint density at radius 1 is 1.33 bits per heavy atom. The van der Waals surface area contributed by atoms with E-state index < -0.39 is 17.8 Å². The average molecular weight is 398 g/mol. The van der Waals surface area contributed by atoms with Gasteiger partial charge in [0.2, 0.25) is 5.91 Å². The largest absolute Gasteiger partial charge is 0.417 e. The van der Waals surface area contributed by atoms with Gasteiger partial charge in [-0.2, -0.15) is 13.2 Å². The third-order valence-electron chi connectivity index (χ3n) is 4.63. The van der Waals surface area contributed by atoms with Crippen LogP contribution < -0.4 is 10.2 Å². The molecule has 0 radical (unpaired) electrons. The zero-order valence-electron chi connectivity index (χ0n) is 14.6. The Hall–Kier alpha value is -2.28. The van der Waals surface area contributed by atoms with Gasteiger partial charge >= 0.3 is 6.18 Å². The quantitative estimate of drug-likeness (QED) is 0.820. The molecule has 0 aliphatic carbocycles. The van der Waals surface area contributed by atoms with E-state index in [9.17, 15) is 18.0 Å². The number of rotatable bonds is 4. The first-order chi connectivity index (χ1) is 12.8. The summed E-state index contributed by atoms with van der Waals surface area (Å²) in [5, 5.41) is 2.85. The molecule has 1 fully saturated rings. The second-order valence-corrected chi connectivity index (χ2v) is 6.93. The summed E-state index contributed by atoms with van der Waals surface area (Å²) in [4.78, 5) is 18.3. The Morgan fingerprint density at radius 3 is 2.67 bits per heavy atom. The molecular formula is C19H19ClF3N3O. The summed E-state index contributed by atoms with van der Waals surface area (Å²) in [5.41, 5.74) is 0.0650. The summed E-state index contributed by atoms with van der Waals surface area (Å²) in [7, 11) is 0. The summed E-state index contributed by atoms with van der Waals surface area (Å²) in [5.74, 6) is 0.0105. The monoisotopic (exact) mass is 397 g/mol. The number of nitrogens with zero attached hydrogens (tertiary/aromatic N) is 2. The topological polar surface area (TPSA) is 45.2 Å². The molecule has 2 unspecified atom stereocenters. The van der Waals surface area contributed by atoms with Crippen LogP contribution in [0.15, 0.2) is 42.6 Å². The number of hydrogen-bond acceptors (Lipinski definition) is 3. The lowest BCUT2D eigenvalue weighted by molar-refractivity contribution is -0.137. The van der Waals surface area contributed by atoms with Crippen LogP contribution in [0.2, 0.25) is 5.02 Å². The molecule has 8 heteroatoms. The Morgan fingerprint density at radius 2 is 2.04 bits per heavy atom. The standard InChI is InChI=1S/C19H19ClF3N3O/c1-12(13-6-3-2-4-7-13)25-18(27)16-8-5-9-26(16)17-15(20)10-14(11-24-17)19(21,22)23/h2-4,6-7,10-12,16H,5,8-9H2,1H3,(H,25,27). The molecule has 1 amide bonds. The number of amides is 1. The summed E-state index contributed by atoms with van der Waals surface area (Å²) < 4.78 is 38.4. The molecule has 1 saturated heterocycles. The Labute approximate surface area is 160 Å². The highest BCUT2D eigenvalue weighted by atomic mass is 35.5. The molecule has 0 bridgehead atoms. The lowest BCUT2D eigenvalue weighted by Gasteiger charge is -2.27. The molecule has 1 aliphatic rings. The second-order valence-electron chi connectivity index (χ2n) is 6.52. The van der Waals surface area contributed by atoms with E-state index >= 15 is 0 Å². The second kappa shape index (κ2) is 7.76. The predicted octanol–water partition coefficient (Wildman–Crippen LogP) is 4.60. The van der Waals surface area contributed by atoms with Crippen molar-refractivity contribution in [1.82, 2.24) is 10.3 Å². The van der Waals surface area contributed by atoms with Crippen molar-refractivity contribution in [2.45, 2.75) is 38.0 Å². The molecule has 1 aromatic heterocycles. The van der Waals surface area contributed by atoms with Gasteiger partial charge in [0.15, 0.2) is 0 Å². The third kappa shape index (κ3) is 4.35. The predicted molar refractivity (Wildman–Crippen MR) is 97.6 cm³/mol. The number of carbonyl (C=O) groups is 1. The van der Waals surface area contributed by atoms with E-state index in [1.807, 2.05) is 37.3 Å². The van der Waals surface area contributed by atoms with E-state index in [0.717, 1.165) is 24.2 Å². The van der Waals surface area contributed by atoms with Crippen LogP contribution in [0, 0.1) is 0 Å². The van der Waals surface area contributed by atoms with E-state index in [1.54, 1.807) is 4.90 Å². The van der Waals surface area contributed by atoms with Crippen molar-refractivity contribution in [1.29, 1.82) is 0 Å². The lowest BCUT2D eigenvalue weighted by atomic mass is 10.1. The van der Waals surface area contributed by atoms with E-state index in [1.165, 1.54) is 0 Å². The minimum absolute atomic E-state index is 0.111. The molecule has 4 nitrogen and oxygen atoms in total. The molecular weight excluding hydrogens is 379 g/mol. The summed E-state index contributed by atoms with van der Waals surface area (Å²) in [6.45, 7) is 2.39. The van der Waals surface area contributed by atoms with Crippen LogP contribution >= 0.6 is 11.6 Å². The number of aromatic nitrogens is 1. The highest BCUT2D eigenvalue weighted by Gasteiger charge is 2.36. The SMILES string of the molecule is CC(NC(=O)C1CCCN1c1ncc(C(F)(F)F)cc1Cl)c1ccccc1. The van der Waals surface area contributed by atoms with Crippen LogP contribution in [0.5, 0.6) is 0 Å². The summed E-state index contributed by atoms with van der Waals surface area (Å²) in [6.07, 6.45) is -2.44. The minimum atomic E-state index is -4.51. The first-order valence-electron chi connectivity index (χ1n) is 8.62. The molecule has 0 spiro atoms. The van der Waals surface area contributed by atoms with Gasteiger partial charge in [0.25, 0.3) is 0 Å². The molecule has 0 saturated carbocycles. The molecule has 2 aromatic rings. The first-order valence-corrected chi connectivity index (χ1v) is 9.00. The summed E-state index contributed by atoms with van der Waals surface area (Å²) in [6, 6.07) is 9.68. The number of pyridine rings is 1. The minimum Gasteiger partial charge on any atom is -0.348 e. The average Bonchev–Trinajstić information content (AvgIpc) is 3.11. The van der Waals surface area contributed by atoms with Crippen molar-refractivity contribution in [3.8, 4) is 0 Å². The first kappa shape index (κ1) is 19.5. The van der Waals surface area contributed by atoms with Gasteiger partial charge in [-0.25, -0.2) is 4.98 Å². The van der Waals surface area contributed by atoms with Crippen LogP contribution in [0.25, 0.3) is 0 Å². The van der Waals surface area contributed by atoms with E-state index in [4.69, 9.17) is 11.6 Å². The maximum Gasteiger partial charge on any atom is 0.417 e. The zero-order chi connectivity index (χ0) is 19.6. The van der Waals surface area contributed by atoms with Crippen molar-refractivity contribution in [2.75, 3.05) is 11.4 Å². The van der Waals surface area contributed by atoms with Gasteiger partial charge in [0.1, 0.15) is 11.9 Å². The zero-order valence-corrected chi connectivity index (χ0v) is 15.4. The number of anilines is 1.